The molecule has 0 fully saturated rings. The van der Waals surface area contributed by atoms with Crippen LogP contribution in [0.5, 0.6) is 5.75 Å². The second-order valence-corrected chi connectivity index (χ2v) is 9.69. The van der Waals surface area contributed by atoms with Crippen molar-refractivity contribution in [2.75, 3.05) is 38.2 Å². The van der Waals surface area contributed by atoms with Crippen molar-refractivity contribution in [3.05, 3.63) is 41.8 Å². The number of esters is 1. The summed E-state index contributed by atoms with van der Waals surface area (Å²) in [5, 5.41) is 1.71. The Labute approximate surface area is 181 Å². The zero-order valence-corrected chi connectivity index (χ0v) is 19.0. The molecule has 0 spiro atoms. The first-order valence-corrected chi connectivity index (χ1v) is 11.6. The minimum absolute atomic E-state index is 0.190. The van der Waals surface area contributed by atoms with E-state index < -0.39 is 15.9 Å². The second-order valence-electron chi connectivity index (χ2n) is 6.54. The molecule has 0 saturated carbocycles. The highest BCUT2D eigenvalue weighted by molar-refractivity contribution is 7.94. The summed E-state index contributed by atoms with van der Waals surface area (Å²) in [4.78, 5) is 25.5. The largest absolute Gasteiger partial charge is 0.484 e. The first-order chi connectivity index (χ1) is 14.2. The van der Waals surface area contributed by atoms with Gasteiger partial charge in [-0.25, -0.2) is 8.42 Å². The fourth-order valence-corrected chi connectivity index (χ4v) is 5.04. The van der Waals surface area contributed by atoms with Crippen molar-refractivity contribution in [1.29, 1.82) is 0 Å². The molecule has 0 radical (unpaired) electrons. The zero-order chi connectivity index (χ0) is 22.3. The smallest absolute Gasteiger partial charge is 0.310 e. The van der Waals surface area contributed by atoms with E-state index in [1.807, 2.05) is 6.92 Å². The van der Waals surface area contributed by atoms with Crippen LogP contribution in [0.1, 0.15) is 13.8 Å². The van der Waals surface area contributed by atoms with Crippen molar-refractivity contribution in [3.63, 3.8) is 0 Å². The number of carbonyl (C=O) groups is 2. The average molecular weight is 455 g/mol. The Morgan fingerprint density at radius 3 is 2.37 bits per heavy atom. The van der Waals surface area contributed by atoms with E-state index in [2.05, 4.69) is 0 Å². The lowest BCUT2D eigenvalue weighted by Crippen LogP contribution is -2.39. The number of anilines is 1. The van der Waals surface area contributed by atoms with Crippen molar-refractivity contribution in [3.8, 4) is 5.75 Å². The Hall–Kier alpha value is -2.59. The lowest BCUT2D eigenvalue weighted by molar-refractivity contribution is -0.146. The van der Waals surface area contributed by atoms with Crippen LogP contribution in [0.15, 0.2) is 46.0 Å². The molecule has 30 heavy (non-hydrogen) atoms. The van der Waals surface area contributed by atoms with Gasteiger partial charge in [0.2, 0.25) is 0 Å². The number of methoxy groups -OCH3 is 1. The van der Waals surface area contributed by atoms with Crippen LogP contribution in [0.4, 0.5) is 5.69 Å². The average Bonchev–Trinajstić information content (AvgIpc) is 3.30. The number of ether oxygens (including phenoxy) is 2. The van der Waals surface area contributed by atoms with Crippen LogP contribution in [0.3, 0.4) is 0 Å². The highest BCUT2D eigenvalue weighted by atomic mass is 32.2. The molecular formula is C20H26N2O6S2. The maximum atomic E-state index is 12.6. The molecule has 1 amide bonds. The van der Waals surface area contributed by atoms with Crippen molar-refractivity contribution in [2.24, 2.45) is 5.92 Å². The predicted molar refractivity (Wildman–Crippen MR) is 115 cm³/mol. The molecule has 2 aromatic rings. The standard InChI is InChI=1S/C20H26N2O6S2/c1-5-22(13-15(2)20(24)27-4)18(23)14-28-17-10-8-16(9-11-17)21(3)30(25,26)19-7-6-12-29-19/h6-12,15H,5,13-14H2,1-4H3. The number of sulfonamides is 1. The summed E-state index contributed by atoms with van der Waals surface area (Å²) in [6, 6.07) is 9.68. The van der Waals surface area contributed by atoms with Gasteiger partial charge < -0.3 is 14.4 Å². The summed E-state index contributed by atoms with van der Waals surface area (Å²) < 4.78 is 36.8. The summed E-state index contributed by atoms with van der Waals surface area (Å²) in [5.41, 5.74) is 0.476. The van der Waals surface area contributed by atoms with E-state index >= 15 is 0 Å². The third-order valence-electron chi connectivity index (χ3n) is 4.50. The van der Waals surface area contributed by atoms with Gasteiger partial charge in [0.25, 0.3) is 15.9 Å². The van der Waals surface area contributed by atoms with Crippen LogP contribution in [0, 0.1) is 5.92 Å². The van der Waals surface area contributed by atoms with Crippen molar-refractivity contribution >= 4 is 38.9 Å². The number of hydrogen-bond donors (Lipinski definition) is 0. The fourth-order valence-electron chi connectivity index (χ4n) is 2.69. The minimum atomic E-state index is -3.61. The summed E-state index contributed by atoms with van der Waals surface area (Å²) in [6.07, 6.45) is 0. The highest BCUT2D eigenvalue weighted by Crippen LogP contribution is 2.26. The molecule has 0 aliphatic rings. The zero-order valence-electron chi connectivity index (χ0n) is 17.4. The molecule has 8 nitrogen and oxygen atoms in total. The van der Waals surface area contributed by atoms with Gasteiger partial charge in [0.15, 0.2) is 6.61 Å². The number of carbonyl (C=O) groups excluding carboxylic acids is 2. The van der Waals surface area contributed by atoms with Crippen LogP contribution in [0.25, 0.3) is 0 Å². The van der Waals surface area contributed by atoms with Crippen LogP contribution in [-0.4, -0.2) is 59.0 Å². The van der Waals surface area contributed by atoms with Gasteiger partial charge in [-0.05, 0) is 42.6 Å². The molecule has 0 N–H and O–H groups in total. The Morgan fingerprint density at radius 1 is 1.17 bits per heavy atom. The number of hydrogen-bond acceptors (Lipinski definition) is 7. The van der Waals surface area contributed by atoms with Crippen molar-refractivity contribution in [2.45, 2.75) is 18.1 Å². The van der Waals surface area contributed by atoms with Gasteiger partial charge in [0.1, 0.15) is 9.96 Å². The Kier molecular flexibility index (Phi) is 8.24. The molecule has 1 heterocycles. The maximum Gasteiger partial charge on any atom is 0.310 e. The molecule has 0 aliphatic carbocycles. The highest BCUT2D eigenvalue weighted by Gasteiger charge is 2.23. The Bertz CT molecular complexity index is 942. The number of rotatable bonds is 10. The summed E-state index contributed by atoms with van der Waals surface area (Å²) >= 11 is 1.15. The SMILES string of the molecule is CCN(CC(C)C(=O)OC)C(=O)COc1ccc(N(C)S(=O)(=O)c2cccs2)cc1. The number of amides is 1. The van der Waals surface area contributed by atoms with E-state index in [1.54, 1.807) is 48.7 Å². The molecular weight excluding hydrogens is 428 g/mol. The second kappa shape index (κ2) is 10.4. The van der Waals surface area contributed by atoms with Crippen molar-refractivity contribution < 1.29 is 27.5 Å². The lowest BCUT2D eigenvalue weighted by Gasteiger charge is -2.23. The van der Waals surface area contributed by atoms with E-state index in [4.69, 9.17) is 9.47 Å². The van der Waals surface area contributed by atoms with Crippen LogP contribution < -0.4 is 9.04 Å². The van der Waals surface area contributed by atoms with Gasteiger partial charge in [0, 0.05) is 20.1 Å². The summed E-state index contributed by atoms with van der Waals surface area (Å²) in [6.45, 7) is 4.01. The lowest BCUT2D eigenvalue weighted by atomic mass is 10.1. The minimum Gasteiger partial charge on any atom is -0.484 e. The van der Waals surface area contributed by atoms with Crippen molar-refractivity contribution in [1.82, 2.24) is 4.90 Å². The maximum absolute atomic E-state index is 12.6. The predicted octanol–water partition coefficient (Wildman–Crippen LogP) is 2.61. The first-order valence-electron chi connectivity index (χ1n) is 9.31. The van der Waals surface area contributed by atoms with E-state index in [-0.39, 0.29) is 29.2 Å². The van der Waals surface area contributed by atoms with Crippen LogP contribution in [0.2, 0.25) is 0 Å². The Morgan fingerprint density at radius 2 is 1.83 bits per heavy atom. The molecule has 1 atom stereocenters. The normalized spacial score (nSPS) is 12.1. The van der Waals surface area contributed by atoms with Gasteiger partial charge in [0.05, 0.1) is 18.7 Å². The van der Waals surface area contributed by atoms with E-state index in [1.165, 1.54) is 23.4 Å². The molecule has 0 aliphatic heterocycles. The van der Waals surface area contributed by atoms with E-state index in [0.717, 1.165) is 11.3 Å². The van der Waals surface area contributed by atoms with Gasteiger partial charge >= 0.3 is 5.97 Å². The number of thiophene rings is 1. The van der Waals surface area contributed by atoms with E-state index in [9.17, 15) is 18.0 Å². The molecule has 1 aromatic carbocycles. The van der Waals surface area contributed by atoms with Crippen LogP contribution >= 0.6 is 11.3 Å². The van der Waals surface area contributed by atoms with Gasteiger partial charge in [-0.2, -0.15) is 0 Å². The number of benzene rings is 1. The monoisotopic (exact) mass is 454 g/mol. The molecule has 0 bridgehead atoms. The van der Waals surface area contributed by atoms with Gasteiger partial charge in [-0.3, -0.25) is 13.9 Å². The molecule has 1 unspecified atom stereocenters. The third kappa shape index (κ3) is 5.73. The first kappa shape index (κ1) is 23.7. The third-order valence-corrected chi connectivity index (χ3v) is 7.66. The molecule has 2 rings (SSSR count). The summed E-state index contributed by atoms with van der Waals surface area (Å²) in [5.74, 6) is -0.626. The molecule has 1 aromatic heterocycles. The van der Waals surface area contributed by atoms with Gasteiger partial charge in [-0.1, -0.05) is 13.0 Å². The molecule has 0 saturated heterocycles. The summed E-state index contributed by atoms with van der Waals surface area (Å²) in [7, 11) is -0.816. The fraction of sp³-hybridized carbons (Fsp3) is 0.400. The Balaban J connectivity index is 1.97. The van der Waals surface area contributed by atoms with E-state index in [0.29, 0.717) is 18.0 Å². The quantitative estimate of drug-likeness (QED) is 0.513. The number of nitrogens with zero attached hydrogens (tertiary/aromatic N) is 2. The number of likely N-dealkylation sites (N-methyl/N-ethyl adjacent to an activating group) is 1. The van der Waals surface area contributed by atoms with Gasteiger partial charge in [-0.15, -0.1) is 11.3 Å². The molecule has 164 valence electrons. The molecule has 10 heteroatoms. The topological polar surface area (TPSA) is 93.2 Å². The van der Waals surface area contributed by atoms with Crippen LogP contribution in [-0.2, 0) is 24.3 Å².